The molecule has 2 heterocycles. The molecule has 0 aliphatic rings. The molecule has 150 valence electrons. The third-order valence-corrected chi connectivity index (χ3v) is 4.50. The van der Waals surface area contributed by atoms with Crippen molar-refractivity contribution in [1.29, 1.82) is 0 Å². The van der Waals surface area contributed by atoms with Gasteiger partial charge < -0.3 is 20.1 Å². The minimum atomic E-state index is 0. The van der Waals surface area contributed by atoms with Gasteiger partial charge in [0.1, 0.15) is 5.65 Å². The number of imidazole rings is 1. The van der Waals surface area contributed by atoms with Crippen LogP contribution in [-0.4, -0.2) is 40.1 Å². The van der Waals surface area contributed by atoms with Crippen molar-refractivity contribution in [2.45, 2.75) is 26.3 Å². The Labute approximate surface area is 183 Å². The Morgan fingerprint density at radius 3 is 2.61 bits per heavy atom. The van der Waals surface area contributed by atoms with Crippen LogP contribution in [0.25, 0.3) is 5.65 Å². The molecule has 0 aliphatic heterocycles. The van der Waals surface area contributed by atoms with Crippen molar-refractivity contribution in [2.75, 3.05) is 19.7 Å². The van der Waals surface area contributed by atoms with E-state index in [0.717, 1.165) is 35.1 Å². The maximum absolute atomic E-state index is 9.72. The van der Waals surface area contributed by atoms with E-state index in [1.165, 1.54) is 0 Å². The van der Waals surface area contributed by atoms with Crippen molar-refractivity contribution in [3.05, 3.63) is 71.7 Å². The van der Waals surface area contributed by atoms with Crippen molar-refractivity contribution in [1.82, 2.24) is 20.0 Å². The highest BCUT2D eigenvalue weighted by Crippen LogP contribution is 2.13. The fourth-order valence-electron chi connectivity index (χ4n) is 3.01. The number of nitrogens with one attached hydrogen (secondary N) is 2. The monoisotopic (exact) mass is 493 g/mol. The number of aryl methyl sites for hydroxylation is 1. The number of aliphatic imine (C=N–C) groups is 1. The molecule has 0 radical (unpaired) electrons. The quantitative estimate of drug-likeness (QED) is 0.269. The van der Waals surface area contributed by atoms with Gasteiger partial charge in [0.2, 0.25) is 0 Å². The minimum Gasteiger partial charge on any atom is -0.396 e. The minimum absolute atomic E-state index is 0. The number of benzene rings is 1. The normalized spacial score (nSPS) is 12.5. The van der Waals surface area contributed by atoms with Crippen LogP contribution in [0.15, 0.2) is 59.7 Å². The summed E-state index contributed by atoms with van der Waals surface area (Å²) in [5.41, 5.74) is 4.11. The van der Waals surface area contributed by atoms with Gasteiger partial charge in [0.25, 0.3) is 0 Å². The Bertz CT molecular complexity index is 894. The highest BCUT2D eigenvalue weighted by atomic mass is 127. The van der Waals surface area contributed by atoms with Crippen LogP contribution < -0.4 is 10.6 Å². The van der Waals surface area contributed by atoms with Gasteiger partial charge in [0.15, 0.2) is 5.96 Å². The summed E-state index contributed by atoms with van der Waals surface area (Å²) in [6.45, 7) is 6.05. The Morgan fingerprint density at radius 1 is 1.14 bits per heavy atom. The first kappa shape index (κ1) is 22.2. The number of hydrogen-bond acceptors (Lipinski definition) is 3. The second-order valence-electron chi connectivity index (χ2n) is 6.49. The standard InChI is InChI=1S/C21H27N5O.HI/c1-3-22-21(23-12-18(15-27)17-9-5-4-6-10-17)24-13-19-14-26-16(2)8-7-11-20(26)25-19;/h4-11,14,18,27H,3,12-13,15H2,1-2H3,(H2,22,23,24);1H. The summed E-state index contributed by atoms with van der Waals surface area (Å²) in [4.78, 5) is 9.27. The largest absolute Gasteiger partial charge is 0.396 e. The van der Waals surface area contributed by atoms with E-state index in [0.29, 0.717) is 13.1 Å². The van der Waals surface area contributed by atoms with Crippen molar-refractivity contribution in [3.8, 4) is 0 Å². The van der Waals surface area contributed by atoms with E-state index >= 15 is 0 Å². The molecule has 0 aliphatic carbocycles. The molecule has 0 saturated carbocycles. The zero-order valence-electron chi connectivity index (χ0n) is 16.3. The summed E-state index contributed by atoms with van der Waals surface area (Å²) < 4.78 is 2.07. The van der Waals surface area contributed by atoms with Gasteiger partial charge in [-0.05, 0) is 31.5 Å². The molecule has 6 nitrogen and oxygen atoms in total. The SMILES string of the molecule is CCNC(=NCc1cn2c(C)cccc2n1)NCC(CO)c1ccccc1.I. The zero-order chi connectivity index (χ0) is 19.1. The number of aliphatic hydroxyl groups excluding tert-OH is 1. The average Bonchev–Trinajstić information content (AvgIpc) is 3.12. The lowest BCUT2D eigenvalue weighted by atomic mass is 10.0. The number of hydrogen-bond donors (Lipinski definition) is 3. The van der Waals surface area contributed by atoms with Crippen molar-refractivity contribution < 1.29 is 5.11 Å². The summed E-state index contributed by atoms with van der Waals surface area (Å²) in [5, 5.41) is 16.3. The van der Waals surface area contributed by atoms with Crippen LogP contribution in [0.1, 0.15) is 29.8 Å². The molecule has 7 heteroatoms. The molecule has 0 amide bonds. The first-order valence-electron chi connectivity index (χ1n) is 9.33. The number of aliphatic hydroxyl groups is 1. The molecule has 1 aromatic carbocycles. The topological polar surface area (TPSA) is 74.0 Å². The van der Waals surface area contributed by atoms with Gasteiger partial charge in [-0.15, -0.1) is 24.0 Å². The predicted octanol–water partition coefficient (Wildman–Crippen LogP) is 3.09. The highest BCUT2D eigenvalue weighted by Gasteiger charge is 2.11. The van der Waals surface area contributed by atoms with Gasteiger partial charge in [0.05, 0.1) is 18.8 Å². The van der Waals surface area contributed by atoms with Gasteiger partial charge in [0, 0.05) is 30.9 Å². The molecular formula is C21H28IN5O. The summed E-state index contributed by atoms with van der Waals surface area (Å²) in [7, 11) is 0. The summed E-state index contributed by atoms with van der Waals surface area (Å²) >= 11 is 0. The van der Waals surface area contributed by atoms with E-state index in [9.17, 15) is 5.11 Å². The first-order chi connectivity index (χ1) is 13.2. The number of aromatic nitrogens is 2. The van der Waals surface area contributed by atoms with Gasteiger partial charge in [-0.2, -0.15) is 0 Å². The van der Waals surface area contributed by atoms with E-state index in [1.807, 2.05) is 55.6 Å². The molecule has 2 aromatic heterocycles. The van der Waals surface area contributed by atoms with Gasteiger partial charge in [-0.1, -0.05) is 36.4 Å². The molecule has 0 bridgehead atoms. The molecule has 0 spiro atoms. The summed E-state index contributed by atoms with van der Waals surface area (Å²) in [5.74, 6) is 0.744. The van der Waals surface area contributed by atoms with Gasteiger partial charge in [-0.25, -0.2) is 9.98 Å². The number of guanidine groups is 1. The number of halogens is 1. The van der Waals surface area contributed by atoms with E-state index in [1.54, 1.807) is 0 Å². The lowest BCUT2D eigenvalue weighted by Crippen LogP contribution is -2.39. The van der Waals surface area contributed by atoms with Crippen LogP contribution in [0.3, 0.4) is 0 Å². The molecule has 3 aromatic rings. The molecular weight excluding hydrogens is 465 g/mol. The molecule has 1 unspecified atom stereocenters. The Hall–Kier alpha value is -2.13. The van der Waals surface area contributed by atoms with Gasteiger partial charge in [-0.3, -0.25) is 0 Å². The Balaban J connectivity index is 0.00000280. The van der Waals surface area contributed by atoms with Crippen LogP contribution in [0.5, 0.6) is 0 Å². The number of nitrogens with zero attached hydrogens (tertiary/aromatic N) is 3. The van der Waals surface area contributed by atoms with Crippen LogP contribution in [0.4, 0.5) is 0 Å². The maximum Gasteiger partial charge on any atom is 0.191 e. The van der Waals surface area contributed by atoms with E-state index in [-0.39, 0.29) is 36.5 Å². The fraction of sp³-hybridized carbons (Fsp3) is 0.333. The zero-order valence-corrected chi connectivity index (χ0v) is 18.6. The molecule has 3 N–H and O–H groups in total. The summed E-state index contributed by atoms with van der Waals surface area (Å²) in [6, 6.07) is 16.1. The second kappa shape index (κ2) is 11.0. The predicted molar refractivity (Wildman–Crippen MR) is 124 cm³/mol. The van der Waals surface area contributed by atoms with Crippen LogP contribution >= 0.6 is 24.0 Å². The van der Waals surface area contributed by atoms with Crippen molar-refractivity contribution in [2.24, 2.45) is 4.99 Å². The van der Waals surface area contributed by atoms with E-state index in [4.69, 9.17) is 0 Å². The molecule has 28 heavy (non-hydrogen) atoms. The third-order valence-electron chi connectivity index (χ3n) is 4.50. The third kappa shape index (κ3) is 5.68. The highest BCUT2D eigenvalue weighted by molar-refractivity contribution is 14.0. The number of fused-ring (bicyclic) bond motifs is 1. The lowest BCUT2D eigenvalue weighted by Gasteiger charge is -2.18. The number of pyridine rings is 1. The second-order valence-corrected chi connectivity index (χ2v) is 6.49. The van der Waals surface area contributed by atoms with Crippen molar-refractivity contribution >= 4 is 35.6 Å². The van der Waals surface area contributed by atoms with Gasteiger partial charge >= 0.3 is 0 Å². The lowest BCUT2D eigenvalue weighted by molar-refractivity contribution is 0.265. The van der Waals surface area contributed by atoms with Crippen LogP contribution in [0.2, 0.25) is 0 Å². The number of rotatable bonds is 7. The first-order valence-corrected chi connectivity index (χ1v) is 9.33. The Morgan fingerprint density at radius 2 is 1.93 bits per heavy atom. The molecule has 1 atom stereocenters. The van der Waals surface area contributed by atoms with Crippen LogP contribution in [0, 0.1) is 6.92 Å². The van der Waals surface area contributed by atoms with E-state index in [2.05, 4.69) is 38.0 Å². The maximum atomic E-state index is 9.72. The van der Waals surface area contributed by atoms with E-state index < -0.39 is 0 Å². The summed E-state index contributed by atoms with van der Waals surface area (Å²) in [6.07, 6.45) is 2.03. The Kier molecular flexibility index (Phi) is 8.72. The molecule has 0 fully saturated rings. The van der Waals surface area contributed by atoms with Crippen molar-refractivity contribution in [3.63, 3.8) is 0 Å². The molecule has 3 rings (SSSR count). The molecule has 0 saturated heterocycles. The van der Waals surface area contributed by atoms with Crippen LogP contribution in [-0.2, 0) is 6.54 Å². The average molecular weight is 493 g/mol. The fourth-order valence-corrected chi connectivity index (χ4v) is 3.01. The smallest absolute Gasteiger partial charge is 0.191 e.